The predicted molar refractivity (Wildman–Crippen MR) is 63.9 cm³/mol. The lowest BCUT2D eigenvalue weighted by Gasteiger charge is -2.29. The highest BCUT2D eigenvalue weighted by Crippen LogP contribution is 2.32. The maximum atomic E-state index is 4.44. The van der Waals surface area contributed by atoms with Crippen LogP contribution in [0.15, 0.2) is 9.98 Å². The maximum Gasteiger partial charge on any atom is 0.0968 e. The molecule has 0 saturated carbocycles. The van der Waals surface area contributed by atoms with E-state index >= 15 is 0 Å². The summed E-state index contributed by atoms with van der Waals surface area (Å²) in [6.07, 6.45) is 4.47. The van der Waals surface area contributed by atoms with Gasteiger partial charge in [0.1, 0.15) is 0 Å². The Bertz CT molecular complexity index is 292. The molecule has 0 aliphatic carbocycles. The van der Waals surface area contributed by atoms with Gasteiger partial charge in [0.15, 0.2) is 0 Å². The molecule has 0 aromatic carbocycles. The van der Waals surface area contributed by atoms with E-state index in [1.807, 2.05) is 6.20 Å². The zero-order valence-electron chi connectivity index (χ0n) is 8.37. The molecule has 78 valence electrons. The number of thiazole rings is 1. The first-order chi connectivity index (χ1) is 6.79. The van der Waals surface area contributed by atoms with Crippen molar-refractivity contribution in [3.05, 3.63) is 15.0 Å². The highest BCUT2D eigenvalue weighted by Gasteiger charge is 2.21. The number of nitrogens with zero attached hydrogens (tertiary/aromatic N) is 2. The van der Waals surface area contributed by atoms with Crippen LogP contribution in [0.25, 0.3) is 0 Å². The third-order valence-corrected chi connectivity index (χ3v) is 4.52. The molecule has 14 heavy (non-hydrogen) atoms. The smallest absolute Gasteiger partial charge is 0.0968 e. The van der Waals surface area contributed by atoms with Crippen LogP contribution in [-0.2, 0) is 0 Å². The summed E-state index contributed by atoms with van der Waals surface area (Å²) in [6, 6.07) is 0. The van der Waals surface area contributed by atoms with E-state index in [2.05, 4.69) is 32.7 Å². The Morgan fingerprint density at radius 3 is 2.79 bits per heavy atom. The minimum atomic E-state index is 0.703. The molecule has 0 unspecified atom stereocenters. The van der Waals surface area contributed by atoms with Gasteiger partial charge in [0.25, 0.3) is 0 Å². The van der Waals surface area contributed by atoms with Gasteiger partial charge in [0.2, 0.25) is 0 Å². The fourth-order valence-electron chi connectivity index (χ4n) is 1.95. The normalized spacial score (nSPS) is 20.1. The molecule has 0 bridgehead atoms. The summed E-state index contributed by atoms with van der Waals surface area (Å²) in [7, 11) is 0. The van der Waals surface area contributed by atoms with E-state index in [0.29, 0.717) is 5.92 Å². The van der Waals surface area contributed by atoms with Crippen molar-refractivity contribution in [3.63, 3.8) is 0 Å². The summed E-state index contributed by atoms with van der Waals surface area (Å²) in [5.41, 5.74) is 0. The molecule has 1 fully saturated rings. The van der Waals surface area contributed by atoms with E-state index in [9.17, 15) is 0 Å². The van der Waals surface area contributed by atoms with Crippen molar-refractivity contribution in [2.24, 2.45) is 0 Å². The first kappa shape index (κ1) is 10.6. The van der Waals surface area contributed by atoms with Crippen molar-refractivity contribution in [3.8, 4) is 0 Å². The molecule has 0 spiro atoms. The lowest BCUT2D eigenvalue weighted by Crippen LogP contribution is -2.32. The number of hydrogen-bond donors (Lipinski definition) is 0. The second kappa shape index (κ2) is 4.73. The lowest BCUT2D eigenvalue weighted by atomic mass is 9.98. The van der Waals surface area contributed by atoms with Crippen LogP contribution in [0.3, 0.4) is 0 Å². The highest BCUT2D eigenvalue weighted by atomic mass is 79.9. The summed E-state index contributed by atoms with van der Waals surface area (Å²) < 4.78 is 1.16. The first-order valence-corrected chi connectivity index (χ1v) is 6.74. The summed E-state index contributed by atoms with van der Waals surface area (Å²) >= 11 is 5.26. The molecule has 4 heteroatoms. The second-order valence-electron chi connectivity index (χ2n) is 3.71. The molecule has 2 heterocycles. The molecule has 0 atom stereocenters. The summed E-state index contributed by atoms with van der Waals surface area (Å²) in [6.45, 7) is 5.89. The Morgan fingerprint density at radius 1 is 1.57 bits per heavy atom. The highest BCUT2D eigenvalue weighted by molar-refractivity contribution is 9.11. The van der Waals surface area contributed by atoms with Crippen LogP contribution in [0.5, 0.6) is 0 Å². The molecule has 0 N–H and O–H groups in total. The van der Waals surface area contributed by atoms with E-state index in [1.54, 1.807) is 11.3 Å². The third kappa shape index (κ3) is 2.35. The van der Waals surface area contributed by atoms with Crippen molar-refractivity contribution in [2.45, 2.75) is 25.7 Å². The Kier molecular flexibility index (Phi) is 3.57. The van der Waals surface area contributed by atoms with Gasteiger partial charge in [0, 0.05) is 5.92 Å². The predicted octanol–water partition coefficient (Wildman–Crippen LogP) is 3.10. The van der Waals surface area contributed by atoms with Crippen LogP contribution in [0.4, 0.5) is 0 Å². The molecule has 1 aliphatic heterocycles. The van der Waals surface area contributed by atoms with Crippen molar-refractivity contribution in [2.75, 3.05) is 19.6 Å². The van der Waals surface area contributed by atoms with Gasteiger partial charge in [-0.2, -0.15) is 0 Å². The van der Waals surface area contributed by atoms with Gasteiger partial charge in [-0.1, -0.05) is 6.92 Å². The van der Waals surface area contributed by atoms with Crippen molar-refractivity contribution in [1.29, 1.82) is 0 Å². The fourth-order valence-corrected chi connectivity index (χ4v) is 3.36. The van der Waals surface area contributed by atoms with Crippen molar-refractivity contribution >= 4 is 27.3 Å². The van der Waals surface area contributed by atoms with Crippen LogP contribution in [0, 0.1) is 0 Å². The average Bonchev–Trinajstić information content (AvgIpc) is 2.65. The number of halogens is 1. The van der Waals surface area contributed by atoms with Crippen LogP contribution < -0.4 is 0 Å². The molecular formula is C10H15BrN2S. The SMILES string of the molecule is CCN1CCC(c2ncc(Br)s2)CC1. The van der Waals surface area contributed by atoms with Gasteiger partial charge in [-0.25, -0.2) is 4.98 Å². The molecule has 2 rings (SSSR count). The Balaban J connectivity index is 1.95. The Labute approximate surface area is 97.5 Å². The average molecular weight is 275 g/mol. The molecule has 1 aromatic rings. The molecule has 0 radical (unpaired) electrons. The van der Waals surface area contributed by atoms with Gasteiger partial charge in [-0.3, -0.25) is 0 Å². The number of piperidine rings is 1. The molecule has 1 saturated heterocycles. The van der Waals surface area contributed by atoms with E-state index < -0.39 is 0 Å². The van der Waals surface area contributed by atoms with Crippen molar-refractivity contribution in [1.82, 2.24) is 9.88 Å². The van der Waals surface area contributed by atoms with Gasteiger partial charge >= 0.3 is 0 Å². The van der Waals surface area contributed by atoms with Crippen LogP contribution in [0.1, 0.15) is 30.7 Å². The summed E-state index contributed by atoms with van der Waals surface area (Å²) in [5.74, 6) is 0.703. The number of hydrogen-bond acceptors (Lipinski definition) is 3. The van der Waals surface area contributed by atoms with Gasteiger partial charge in [-0.15, -0.1) is 11.3 Å². The van der Waals surface area contributed by atoms with Gasteiger partial charge in [0.05, 0.1) is 15.0 Å². The largest absolute Gasteiger partial charge is 0.304 e. The molecule has 1 aliphatic rings. The molecule has 1 aromatic heterocycles. The van der Waals surface area contributed by atoms with Crippen LogP contribution in [-0.4, -0.2) is 29.5 Å². The van der Waals surface area contributed by atoms with E-state index in [4.69, 9.17) is 0 Å². The van der Waals surface area contributed by atoms with E-state index in [0.717, 1.165) is 3.79 Å². The molecule has 0 amide bonds. The zero-order chi connectivity index (χ0) is 9.97. The standard InChI is InChI=1S/C10H15BrN2S/c1-2-13-5-3-8(4-6-13)10-12-7-9(11)14-10/h7-8H,2-6H2,1H3. The van der Waals surface area contributed by atoms with Crippen molar-refractivity contribution < 1.29 is 0 Å². The minimum absolute atomic E-state index is 0.703. The third-order valence-electron chi connectivity index (χ3n) is 2.88. The van der Waals surface area contributed by atoms with E-state index in [1.165, 1.54) is 37.5 Å². The Morgan fingerprint density at radius 2 is 2.29 bits per heavy atom. The minimum Gasteiger partial charge on any atom is -0.304 e. The quantitative estimate of drug-likeness (QED) is 0.824. The van der Waals surface area contributed by atoms with Crippen LogP contribution >= 0.6 is 27.3 Å². The number of rotatable bonds is 2. The molecule has 2 nitrogen and oxygen atoms in total. The summed E-state index contributed by atoms with van der Waals surface area (Å²) in [5, 5.41) is 1.31. The summed E-state index contributed by atoms with van der Waals surface area (Å²) in [4.78, 5) is 6.96. The van der Waals surface area contributed by atoms with Gasteiger partial charge < -0.3 is 4.90 Å². The van der Waals surface area contributed by atoms with E-state index in [-0.39, 0.29) is 0 Å². The molecular weight excluding hydrogens is 260 g/mol. The monoisotopic (exact) mass is 274 g/mol. The zero-order valence-corrected chi connectivity index (χ0v) is 10.8. The number of aromatic nitrogens is 1. The first-order valence-electron chi connectivity index (χ1n) is 5.13. The lowest BCUT2D eigenvalue weighted by molar-refractivity contribution is 0.222. The van der Waals surface area contributed by atoms with Gasteiger partial charge in [-0.05, 0) is 48.4 Å². The fraction of sp³-hybridized carbons (Fsp3) is 0.700. The van der Waals surface area contributed by atoms with Crippen LogP contribution in [0.2, 0.25) is 0 Å². The maximum absolute atomic E-state index is 4.44. The Hall–Kier alpha value is 0.0700. The number of likely N-dealkylation sites (tertiary alicyclic amines) is 1. The topological polar surface area (TPSA) is 16.1 Å². The second-order valence-corrected chi connectivity index (χ2v) is 6.15.